The van der Waals surface area contributed by atoms with Gasteiger partial charge < -0.3 is 10.2 Å². The molecule has 3 N–H and O–H groups in total. The van der Waals surface area contributed by atoms with E-state index in [2.05, 4.69) is 15.4 Å². The van der Waals surface area contributed by atoms with Crippen LogP contribution in [0, 0.1) is 5.82 Å². The molecule has 0 atom stereocenters. The van der Waals surface area contributed by atoms with Crippen molar-refractivity contribution in [2.45, 2.75) is 6.61 Å². The van der Waals surface area contributed by atoms with Crippen molar-refractivity contribution in [3.05, 3.63) is 57.8 Å². The molecule has 1 aromatic heterocycles. The Bertz CT molecular complexity index is 858. The molecule has 0 fully saturated rings. The number of ether oxygens (including phenoxy) is 1. The Morgan fingerprint density at radius 1 is 1.00 bits per heavy atom. The highest BCUT2D eigenvalue weighted by molar-refractivity contribution is 6.39. The number of nitrogen functional groups attached to an aromatic ring is 1. The number of nitrogens with zero attached hydrogens (tertiary/aromatic N) is 2. The molecule has 118 valence electrons. The van der Waals surface area contributed by atoms with Crippen molar-refractivity contribution in [1.82, 2.24) is 9.97 Å². The van der Waals surface area contributed by atoms with Crippen molar-refractivity contribution in [3.63, 3.8) is 0 Å². The molecule has 1 heterocycles. The number of anilines is 1. The summed E-state index contributed by atoms with van der Waals surface area (Å²) in [6.45, 7) is 0.174. The van der Waals surface area contributed by atoms with E-state index < -0.39 is 0 Å². The topological polar surface area (TPSA) is 73.1 Å². The van der Waals surface area contributed by atoms with Gasteiger partial charge in [0.1, 0.15) is 23.5 Å². The summed E-state index contributed by atoms with van der Waals surface area (Å²) in [5.74, 6) is 5.55. The van der Waals surface area contributed by atoms with Crippen LogP contribution in [0.15, 0.2) is 36.4 Å². The Balaban J connectivity index is 1.96. The molecule has 0 aliphatic carbocycles. The Hall–Kier alpha value is -2.15. The SMILES string of the molecule is NNc1nc2c(Cl)ccc(Cl)c2nc1OCc1ccc(F)cc1. The maximum absolute atomic E-state index is 12.9. The minimum atomic E-state index is -0.315. The number of hydrogen-bond acceptors (Lipinski definition) is 5. The van der Waals surface area contributed by atoms with Gasteiger partial charge in [0.05, 0.1) is 10.0 Å². The fourth-order valence-corrected chi connectivity index (χ4v) is 2.37. The van der Waals surface area contributed by atoms with Gasteiger partial charge in [0, 0.05) is 0 Å². The summed E-state index contributed by atoms with van der Waals surface area (Å²) in [4.78, 5) is 8.60. The minimum absolute atomic E-state index is 0.174. The number of benzene rings is 2. The average Bonchev–Trinajstić information content (AvgIpc) is 2.57. The fourth-order valence-electron chi connectivity index (χ4n) is 1.98. The Labute approximate surface area is 141 Å². The number of fused-ring (bicyclic) bond motifs is 1. The van der Waals surface area contributed by atoms with Gasteiger partial charge in [-0.3, -0.25) is 0 Å². The Kier molecular flexibility index (Phi) is 4.47. The predicted molar refractivity (Wildman–Crippen MR) is 88.1 cm³/mol. The number of nitrogens with two attached hydrogens (primary N) is 1. The number of hydrazine groups is 1. The van der Waals surface area contributed by atoms with Crippen LogP contribution in [0.4, 0.5) is 10.2 Å². The highest BCUT2D eigenvalue weighted by atomic mass is 35.5. The smallest absolute Gasteiger partial charge is 0.259 e. The molecule has 0 saturated carbocycles. The summed E-state index contributed by atoms with van der Waals surface area (Å²) in [5, 5.41) is 0.797. The molecule has 0 bridgehead atoms. The lowest BCUT2D eigenvalue weighted by atomic mass is 10.2. The monoisotopic (exact) mass is 352 g/mol. The quantitative estimate of drug-likeness (QED) is 0.549. The molecule has 3 aromatic rings. The van der Waals surface area contributed by atoms with Crippen LogP contribution < -0.4 is 16.0 Å². The molecule has 0 radical (unpaired) electrons. The summed E-state index contributed by atoms with van der Waals surface area (Å²) in [6, 6.07) is 9.18. The lowest BCUT2D eigenvalue weighted by Crippen LogP contribution is -2.12. The van der Waals surface area contributed by atoms with Crippen LogP contribution in [0.5, 0.6) is 5.88 Å². The average molecular weight is 353 g/mol. The number of hydrogen-bond donors (Lipinski definition) is 2. The van der Waals surface area contributed by atoms with Gasteiger partial charge in [-0.1, -0.05) is 35.3 Å². The molecule has 8 heteroatoms. The maximum Gasteiger partial charge on any atom is 0.259 e. The van der Waals surface area contributed by atoms with Gasteiger partial charge in [-0.2, -0.15) is 0 Å². The maximum atomic E-state index is 12.9. The van der Waals surface area contributed by atoms with Crippen LogP contribution in [0.2, 0.25) is 10.0 Å². The standard InChI is InChI=1S/C15H11Cl2FN4O/c16-10-5-6-11(17)13-12(10)20-14(22-19)15(21-13)23-7-8-1-3-9(18)4-2-8/h1-6H,7,19H2,(H,20,22). The van der Waals surface area contributed by atoms with Crippen LogP contribution >= 0.6 is 23.2 Å². The van der Waals surface area contributed by atoms with Gasteiger partial charge in [-0.25, -0.2) is 20.2 Å². The van der Waals surface area contributed by atoms with E-state index in [0.717, 1.165) is 5.56 Å². The fraction of sp³-hybridized carbons (Fsp3) is 0.0667. The number of halogens is 3. The predicted octanol–water partition coefficient (Wildman–Crippen LogP) is 3.94. The number of rotatable bonds is 4. The lowest BCUT2D eigenvalue weighted by molar-refractivity contribution is 0.295. The van der Waals surface area contributed by atoms with Gasteiger partial charge in [-0.05, 0) is 29.8 Å². The molecule has 0 aliphatic rings. The summed E-state index contributed by atoms with van der Waals surface area (Å²) in [5.41, 5.74) is 4.02. The third-order valence-corrected chi connectivity index (χ3v) is 3.73. The molecule has 2 aromatic carbocycles. The van der Waals surface area contributed by atoms with E-state index >= 15 is 0 Å². The van der Waals surface area contributed by atoms with Gasteiger partial charge >= 0.3 is 0 Å². The molecule has 0 amide bonds. The minimum Gasteiger partial charge on any atom is -0.470 e. The zero-order valence-corrected chi connectivity index (χ0v) is 13.2. The summed E-state index contributed by atoms with van der Waals surface area (Å²) in [6.07, 6.45) is 0. The Morgan fingerprint density at radius 3 is 2.22 bits per heavy atom. The number of nitrogens with one attached hydrogen (secondary N) is 1. The third-order valence-electron chi connectivity index (χ3n) is 3.12. The first kappa shape index (κ1) is 15.7. The van der Waals surface area contributed by atoms with Crippen molar-refractivity contribution in [1.29, 1.82) is 0 Å². The second kappa shape index (κ2) is 6.54. The van der Waals surface area contributed by atoms with E-state index in [9.17, 15) is 4.39 Å². The highest BCUT2D eigenvalue weighted by Gasteiger charge is 2.14. The largest absolute Gasteiger partial charge is 0.470 e. The summed E-state index contributed by atoms with van der Waals surface area (Å²) >= 11 is 12.2. The first-order valence-electron chi connectivity index (χ1n) is 6.58. The number of aromatic nitrogens is 2. The second-order valence-electron chi connectivity index (χ2n) is 4.66. The molecule has 0 saturated heterocycles. The zero-order valence-electron chi connectivity index (χ0n) is 11.7. The van der Waals surface area contributed by atoms with E-state index in [1.54, 1.807) is 24.3 Å². The molecule has 0 unspecified atom stereocenters. The van der Waals surface area contributed by atoms with Crippen molar-refractivity contribution < 1.29 is 9.13 Å². The van der Waals surface area contributed by atoms with Gasteiger partial charge in [-0.15, -0.1) is 0 Å². The highest BCUT2D eigenvalue weighted by Crippen LogP contribution is 2.31. The van der Waals surface area contributed by atoms with E-state index in [1.807, 2.05) is 0 Å². The van der Waals surface area contributed by atoms with Crippen LogP contribution in [0.25, 0.3) is 11.0 Å². The molecule has 23 heavy (non-hydrogen) atoms. The van der Waals surface area contributed by atoms with Crippen LogP contribution in [-0.2, 0) is 6.61 Å². The van der Waals surface area contributed by atoms with Gasteiger partial charge in [0.15, 0.2) is 0 Å². The van der Waals surface area contributed by atoms with Gasteiger partial charge in [0.25, 0.3) is 5.88 Å². The van der Waals surface area contributed by atoms with Crippen molar-refractivity contribution in [2.75, 3.05) is 5.43 Å². The molecule has 0 spiro atoms. The molecular weight excluding hydrogens is 342 g/mol. The van der Waals surface area contributed by atoms with E-state index in [0.29, 0.717) is 21.1 Å². The molecular formula is C15H11Cl2FN4O. The van der Waals surface area contributed by atoms with E-state index in [1.165, 1.54) is 12.1 Å². The third kappa shape index (κ3) is 3.29. The first-order valence-corrected chi connectivity index (χ1v) is 7.33. The lowest BCUT2D eigenvalue weighted by Gasteiger charge is -2.11. The van der Waals surface area contributed by atoms with E-state index in [-0.39, 0.29) is 24.1 Å². The first-order chi connectivity index (χ1) is 11.1. The summed E-state index contributed by atoms with van der Waals surface area (Å²) in [7, 11) is 0. The van der Waals surface area contributed by atoms with Crippen molar-refractivity contribution in [2.24, 2.45) is 5.84 Å². The van der Waals surface area contributed by atoms with E-state index in [4.69, 9.17) is 33.8 Å². The van der Waals surface area contributed by atoms with Crippen LogP contribution in [0.3, 0.4) is 0 Å². The van der Waals surface area contributed by atoms with Gasteiger partial charge in [0.2, 0.25) is 5.82 Å². The Morgan fingerprint density at radius 2 is 1.61 bits per heavy atom. The normalized spacial score (nSPS) is 10.8. The molecule has 5 nitrogen and oxygen atoms in total. The summed E-state index contributed by atoms with van der Waals surface area (Å²) < 4.78 is 18.5. The van der Waals surface area contributed by atoms with Crippen LogP contribution in [0.1, 0.15) is 5.56 Å². The zero-order chi connectivity index (χ0) is 16.4. The molecule has 3 rings (SSSR count). The molecule has 0 aliphatic heterocycles. The van der Waals surface area contributed by atoms with Crippen molar-refractivity contribution in [3.8, 4) is 5.88 Å². The van der Waals surface area contributed by atoms with Crippen molar-refractivity contribution >= 4 is 40.1 Å². The second-order valence-corrected chi connectivity index (χ2v) is 5.48. The van der Waals surface area contributed by atoms with Crippen LogP contribution in [-0.4, -0.2) is 9.97 Å².